The molecule has 13 heavy (non-hydrogen) atoms. The van der Waals surface area contributed by atoms with Gasteiger partial charge < -0.3 is 14.8 Å². The van der Waals surface area contributed by atoms with Crippen molar-refractivity contribution >= 4 is 5.97 Å². The molecule has 4 heteroatoms. The van der Waals surface area contributed by atoms with Crippen LogP contribution in [0.15, 0.2) is 6.07 Å². The molecule has 1 aromatic heterocycles. The molecule has 0 saturated carbocycles. The Balaban J connectivity index is 2.84. The summed E-state index contributed by atoms with van der Waals surface area (Å²) in [4.78, 5) is 14.0. The van der Waals surface area contributed by atoms with E-state index < -0.39 is 0 Å². The van der Waals surface area contributed by atoms with Gasteiger partial charge in [0.05, 0.1) is 13.2 Å². The van der Waals surface area contributed by atoms with Gasteiger partial charge in [-0.3, -0.25) is 0 Å². The van der Waals surface area contributed by atoms with Crippen LogP contribution in [0.5, 0.6) is 0 Å². The molecule has 72 valence electrons. The van der Waals surface area contributed by atoms with Crippen molar-refractivity contribution in [3.05, 3.63) is 23.0 Å². The molecule has 2 N–H and O–H groups in total. The van der Waals surface area contributed by atoms with E-state index in [2.05, 4.69) is 4.98 Å². The number of ether oxygens (including phenoxy) is 1. The Morgan fingerprint density at radius 1 is 1.69 bits per heavy atom. The van der Waals surface area contributed by atoms with E-state index in [4.69, 9.17) is 9.84 Å². The molecule has 1 aromatic rings. The summed E-state index contributed by atoms with van der Waals surface area (Å²) in [5.74, 6) is -0.384. The highest BCUT2D eigenvalue weighted by Gasteiger charge is 2.11. The molecule has 0 amide bonds. The highest BCUT2D eigenvalue weighted by molar-refractivity contribution is 5.87. The van der Waals surface area contributed by atoms with E-state index >= 15 is 0 Å². The summed E-state index contributed by atoms with van der Waals surface area (Å²) in [5.41, 5.74) is 1.91. The summed E-state index contributed by atoms with van der Waals surface area (Å²) < 4.78 is 4.79. The lowest BCUT2D eigenvalue weighted by molar-refractivity contribution is 0.0520. The van der Waals surface area contributed by atoms with E-state index in [0.29, 0.717) is 18.0 Å². The Morgan fingerprint density at radius 3 is 2.85 bits per heavy atom. The van der Waals surface area contributed by atoms with Gasteiger partial charge in [0.25, 0.3) is 0 Å². The standard InChI is InChI=1S/C9H13NO3/c1-3-13-9(12)7-4-6(2)8(5-11)10-7/h4,10-11H,3,5H2,1-2H3. The van der Waals surface area contributed by atoms with Gasteiger partial charge in [-0.15, -0.1) is 0 Å². The fourth-order valence-electron chi connectivity index (χ4n) is 1.08. The number of carbonyl (C=O) groups excluding carboxylic acids is 1. The monoisotopic (exact) mass is 183 g/mol. The van der Waals surface area contributed by atoms with Crippen molar-refractivity contribution in [2.45, 2.75) is 20.5 Å². The Kier molecular flexibility index (Phi) is 3.08. The van der Waals surface area contributed by atoms with Gasteiger partial charge in [0.15, 0.2) is 0 Å². The van der Waals surface area contributed by atoms with E-state index in [1.54, 1.807) is 13.0 Å². The van der Waals surface area contributed by atoms with Crippen LogP contribution >= 0.6 is 0 Å². The Labute approximate surface area is 76.5 Å². The first-order valence-electron chi connectivity index (χ1n) is 4.15. The Bertz CT molecular complexity index is 304. The summed E-state index contributed by atoms with van der Waals surface area (Å²) >= 11 is 0. The van der Waals surface area contributed by atoms with Crippen molar-refractivity contribution in [3.63, 3.8) is 0 Å². The maximum atomic E-state index is 11.2. The van der Waals surface area contributed by atoms with Crippen molar-refractivity contribution in [2.24, 2.45) is 0 Å². The van der Waals surface area contributed by atoms with Crippen LogP contribution in [0, 0.1) is 6.92 Å². The molecule has 0 spiro atoms. The van der Waals surface area contributed by atoms with Crippen LogP contribution in [-0.4, -0.2) is 22.7 Å². The third-order valence-corrected chi connectivity index (χ3v) is 1.78. The normalized spacial score (nSPS) is 10.1. The molecule has 0 bridgehead atoms. The lowest BCUT2D eigenvalue weighted by atomic mass is 10.3. The molecule has 4 nitrogen and oxygen atoms in total. The van der Waals surface area contributed by atoms with E-state index in [1.807, 2.05) is 6.92 Å². The van der Waals surface area contributed by atoms with Crippen LogP contribution in [0.3, 0.4) is 0 Å². The molecule has 0 atom stereocenters. The van der Waals surface area contributed by atoms with Crippen LogP contribution in [0.4, 0.5) is 0 Å². The number of aromatic nitrogens is 1. The third-order valence-electron chi connectivity index (χ3n) is 1.78. The Morgan fingerprint density at radius 2 is 2.38 bits per heavy atom. The zero-order valence-electron chi connectivity index (χ0n) is 7.76. The number of aliphatic hydroxyl groups is 1. The second-order valence-corrected chi connectivity index (χ2v) is 2.72. The highest BCUT2D eigenvalue weighted by Crippen LogP contribution is 2.10. The fraction of sp³-hybridized carbons (Fsp3) is 0.444. The lowest BCUT2D eigenvalue weighted by Gasteiger charge is -1.97. The average Bonchev–Trinajstić information content (AvgIpc) is 2.47. The van der Waals surface area contributed by atoms with Crippen LogP contribution in [0.2, 0.25) is 0 Å². The number of hydrogen-bond donors (Lipinski definition) is 2. The van der Waals surface area contributed by atoms with Crippen LogP contribution in [-0.2, 0) is 11.3 Å². The maximum absolute atomic E-state index is 11.2. The summed E-state index contributed by atoms with van der Waals surface area (Å²) in [7, 11) is 0. The van der Waals surface area contributed by atoms with Gasteiger partial charge in [0.1, 0.15) is 5.69 Å². The Hall–Kier alpha value is -1.29. The van der Waals surface area contributed by atoms with Crippen molar-refractivity contribution in [1.82, 2.24) is 4.98 Å². The summed E-state index contributed by atoms with van der Waals surface area (Å²) in [5, 5.41) is 8.86. The van der Waals surface area contributed by atoms with Crippen molar-refractivity contribution in [1.29, 1.82) is 0 Å². The van der Waals surface area contributed by atoms with Crippen molar-refractivity contribution in [3.8, 4) is 0 Å². The smallest absolute Gasteiger partial charge is 0.354 e. The van der Waals surface area contributed by atoms with Gasteiger partial charge in [-0.05, 0) is 25.5 Å². The largest absolute Gasteiger partial charge is 0.461 e. The molecule has 0 saturated heterocycles. The van der Waals surface area contributed by atoms with Gasteiger partial charge in [-0.25, -0.2) is 4.79 Å². The molecular formula is C9H13NO3. The predicted octanol–water partition coefficient (Wildman–Crippen LogP) is 0.992. The SMILES string of the molecule is CCOC(=O)c1cc(C)c(CO)[nH]1. The average molecular weight is 183 g/mol. The van der Waals surface area contributed by atoms with Crippen molar-refractivity contribution in [2.75, 3.05) is 6.61 Å². The van der Waals surface area contributed by atoms with Gasteiger partial charge >= 0.3 is 5.97 Å². The van der Waals surface area contributed by atoms with Crippen LogP contribution in [0.1, 0.15) is 28.7 Å². The number of H-pyrrole nitrogens is 1. The number of aliphatic hydroxyl groups excluding tert-OH is 1. The number of hydrogen-bond acceptors (Lipinski definition) is 3. The summed E-state index contributed by atoms with van der Waals surface area (Å²) in [6.45, 7) is 3.84. The molecule has 1 rings (SSSR count). The molecule has 0 aliphatic carbocycles. The van der Waals surface area contributed by atoms with Gasteiger partial charge in [-0.1, -0.05) is 0 Å². The number of esters is 1. The third kappa shape index (κ3) is 2.09. The zero-order valence-corrected chi connectivity index (χ0v) is 7.76. The van der Waals surface area contributed by atoms with E-state index in [0.717, 1.165) is 5.56 Å². The quantitative estimate of drug-likeness (QED) is 0.687. The molecule has 0 fully saturated rings. The topological polar surface area (TPSA) is 62.3 Å². The maximum Gasteiger partial charge on any atom is 0.354 e. The first-order valence-corrected chi connectivity index (χ1v) is 4.15. The second kappa shape index (κ2) is 4.09. The number of aromatic amines is 1. The fourth-order valence-corrected chi connectivity index (χ4v) is 1.08. The van der Waals surface area contributed by atoms with Gasteiger partial charge in [0.2, 0.25) is 0 Å². The van der Waals surface area contributed by atoms with Crippen molar-refractivity contribution < 1.29 is 14.6 Å². The molecule has 0 unspecified atom stereocenters. The van der Waals surface area contributed by atoms with E-state index in [9.17, 15) is 4.79 Å². The molecule has 0 radical (unpaired) electrons. The molecule has 0 aliphatic rings. The minimum absolute atomic E-state index is 0.0920. The number of carbonyl (C=O) groups is 1. The number of nitrogens with one attached hydrogen (secondary N) is 1. The highest BCUT2D eigenvalue weighted by atomic mass is 16.5. The molecular weight excluding hydrogens is 170 g/mol. The second-order valence-electron chi connectivity index (χ2n) is 2.72. The summed E-state index contributed by atoms with van der Waals surface area (Å²) in [6.07, 6.45) is 0. The first-order chi connectivity index (χ1) is 6.19. The van der Waals surface area contributed by atoms with Gasteiger partial charge in [-0.2, -0.15) is 0 Å². The van der Waals surface area contributed by atoms with E-state index in [1.165, 1.54) is 0 Å². The molecule has 1 heterocycles. The summed E-state index contributed by atoms with van der Waals surface area (Å²) in [6, 6.07) is 1.67. The molecule has 0 aromatic carbocycles. The van der Waals surface area contributed by atoms with Crippen LogP contribution in [0.25, 0.3) is 0 Å². The minimum atomic E-state index is -0.384. The lowest BCUT2D eigenvalue weighted by Crippen LogP contribution is -2.04. The zero-order chi connectivity index (χ0) is 9.84. The van der Waals surface area contributed by atoms with E-state index in [-0.39, 0.29) is 12.6 Å². The number of rotatable bonds is 3. The predicted molar refractivity (Wildman–Crippen MR) is 47.4 cm³/mol. The number of aryl methyl sites for hydroxylation is 1. The molecule has 0 aliphatic heterocycles. The van der Waals surface area contributed by atoms with Crippen LogP contribution < -0.4 is 0 Å². The van der Waals surface area contributed by atoms with Gasteiger partial charge in [0, 0.05) is 5.69 Å². The minimum Gasteiger partial charge on any atom is -0.461 e. The first kappa shape index (κ1) is 9.80.